The van der Waals surface area contributed by atoms with Gasteiger partial charge in [0.2, 0.25) is 5.91 Å². The van der Waals surface area contributed by atoms with Gasteiger partial charge in [0.25, 0.3) is 0 Å². The van der Waals surface area contributed by atoms with Crippen LogP contribution in [0.1, 0.15) is 11.1 Å². The second-order valence-corrected chi connectivity index (χ2v) is 4.76. The Morgan fingerprint density at radius 1 is 1.25 bits per heavy atom. The Labute approximate surface area is 117 Å². The minimum Gasteiger partial charge on any atom is -0.478 e. The molecule has 5 heteroatoms. The molecule has 0 aliphatic carbocycles. The number of hydrogen-bond donors (Lipinski definition) is 2. The summed E-state index contributed by atoms with van der Waals surface area (Å²) in [6, 6.07) is 8.39. The average molecular weight is 274 g/mol. The van der Waals surface area contributed by atoms with E-state index in [0.717, 1.165) is 38.2 Å². The van der Waals surface area contributed by atoms with Gasteiger partial charge in [-0.3, -0.25) is 9.69 Å². The van der Waals surface area contributed by atoms with E-state index >= 15 is 0 Å². The highest BCUT2D eigenvalue weighted by atomic mass is 16.4. The highest BCUT2D eigenvalue weighted by Crippen LogP contribution is 2.17. The molecule has 1 aliphatic heterocycles. The average Bonchev–Trinajstić information content (AvgIpc) is 2.45. The molecule has 0 aromatic heterocycles. The zero-order valence-electron chi connectivity index (χ0n) is 11.2. The zero-order chi connectivity index (χ0) is 14.4. The summed E-state index contributed by atoms with van der Waals surface area (Å²) in [5.41, 5.74) is 2.74. The van der Waals surface area contributed by atoms with Gasteiger partial charge in [0.05, 0.1) is 0 Å². The Balaban J connectivity index is 1.74. The van der Waals surface area contributed by atoms with Crippen molar-refractivity contribution in [2.24, 2.45) is 0 Å². The third-order valence-electron chi connectivity index (χ3n) is 3.31. The van der Waals surface area contributed by atoms with Crippen LogP contribution < -0.4 is 5.32 Å². The second-order valence-electron chi connectivity index (χ2n) is 4.76. The first-order valence-corrected chi connectivity index (χ1v) is 6.63. The van der Waals surface area contributed by atoms with Crippen molar-refractivity contribution in [3.63, 3.8) is 0 Å². The SMILES string of the molecule is O=C(O)C=CC(=O)NCCN1CCc2ccccc2C1. The normalized spacial score (nSPS) is 15.0. The molecule has 20 heavy (non-hydrogen) atoms. The van der Waals surface area contributed by atoms with Crippen LogP contribution in [-0.4, -0.2) is 41.5 Å². The van der Waals surface area contributed by atoms with E-state index in [0.29, 0.717) is 6.54 Å². The summed E-state index contributed by atoms with van der Waals surface area (Å²) < 4.78 is 0. The summed E-state index contributed by atoms with van der Waals surface area (Å²) in [5, 5.41) is 11.1. The highest BCUT2D eigenvalue weighted by Gasteiger charge is 2.14. The lowest BCUT2D eigenvalue weighted by molar-refractivity contribution is -0.131. The van der Waals surface area contributed by atoms with Gasteiger partial charge in [-0.05, 0) is 17.5 Å². The first-order valence-electron chi connectivity index (χ1n) is 6.63. The number of rotatable bonds is 5. The van der Waals surface area contributed by atoms with Crippen molar-refractivity contribution in [2.45, 2.75) is 13.0 Å². The van der Waals surface area contributed by atoms with E-state index < -0.39 is 5.97 Å². The number of hydrogen-bond acceptors (Lipinski definition) is 3. The monoisotopic (exact) mass is 274 g/mol. The van der Waals surface area contributed by atoms with Gasteiger partial charge in [-0.15, -0.1) is 0 Å². The predicted octanol–water partition coefficient (Wildman–Crippen LogP) is 0.802. The molecule has 0 saturated carbocycles. The van der Waals surface area contributed by atoms with Gasteiger partial charge in [0.1, 0.15) is 0 Å². The molecule has 5 nitrogen and oxygen atoms in total. The van der Waals surface area contributed by atoms with E-state index in [1.165, 1.54) is 11.1 Å². The zero-order valence-corrected chi connectivity index (χ0v) is 11.2. The summed E-state index contributed by atoms with van der Waals surface area (Å²) in [4.78, 5) is 23.9. The lowest BCUT2D eigenvalue weighted by Gasteiger charge is -2.28. The van der Waals surface area contributed by atoms with E-state index in [-0.39, 0.29) is 5.91 Å². The number of aliphatic carboxylic acids is 1. The fraction of sp³-hybridized carbons (Fsp3) is 0.333. The summed E-state index contributed by atoms with van der Waals surface area (Å²) in [6.07, 6.45) is 2.91. The smallest absolute Gasteiger partial charge is 0.328 e. The Morgan fingerprint density at radius 2 is 2.00 bits per heavy atom. The number of carboxylic acid groups (broad SMARTS) is 1. The summed E-state index contributed by atoms with van der Waals surface area (Å²) in [6.45, 7) is 3.17. The van der Waals surface area contributed by atoms with Gasteiger partial charge >= 0.3 is 5.97 Å². The third-order valence-corrected chi connectivity index (χ3v) is 3.31. The maximum Gasteiger partial charge on any atom is 0.328 e. The number of benzene rings is 1. The van der Waals surface area contributed by atoms with Crippen LogP contribution in [0.4, 0.5) is 0 Å². The Hall–Kier alpha value is -2.14. The quantitative estimate of drug-likeness (QED) is 0.779. The van der Waals surface area contributed by atoms with E-state index in [4.69, 9.17) is 5.11 Å². The van der Waals surface area contributed by atoms with Gasteiger partial charge in [-0.1, -0.05) is 24.3 Å². The molecule has 1 amide bonds. The molecule has 0 atom stereocenters. The fourth-order valence-corrected chi connectivity index (χ4v) is 2.29. The van der Waals surface area contributed by atoms with Gasteiger partial charge < -0.3 is 10.4 Å². The van der Waals surface area contributed by atoms with E-state index in [1.54, 1.807) is 0 Å². The van der Waals surface area contributed by atoms with Crippen LogP contribution in [-0.2, 0) is 22.6 Å². The number of fused-ring (bicyclic) bond motifs is 1. The minimum absolute atomic E-state index is 0.371. The lowest BCUT2D eigenvalue weighted by Crippen LogP contribution is -2.37. The maximum absolute atomic E-state index is 11.3. The van der Waals surface area contributed by atoms with E-state index in [1.807, 2.05) is 6.07 Å². The van der Waals surface area contributed by atoms with Crippen molar-refractivity contribution in [3.8, 4) is 0 Å². The topological polar surface area (TPSA) is 69.6 Å². The van der Waals surface area contributed by atoms with Crippen LogP contribution in [0.3, 0.4) is 0 Å². The molecule has 1 heterocycles. The van der Waals surface area contributed by atoms with Gasteiger partial charge in [-0.2, -0.15) is 0 Å². The van der Waals surface area contributed by atoms with Crippen molar-refractivity contribution < 1.29 is 14.7 Å². The molecule has 0 radical (unpaired) electrons. The summed E-state index contributed by atoms with van der Waals surface area (Å²) >= 11 is 0. The molecule has 0 saturated heterocycles. The molecular formula is C15H18N2O3. The summed E-state index contributed by atoms with van der Waals surface area (Å²) in [7, 11) is 0. The number of carbonyl (C=O) groups excluding carboxylic acids is 1. The summed E-state index contributed by atoms with van der Waals surface area (Å²) in [5.74, 6) is -1.49. The lowest BCUT2D eigenvalue weighted by atomic mass is 10.00. The predicted molar refractivity (Wildman–Crippen MR) is 75.2 cm³/mol. The molecule has 0 bridgehead atoms. The Kier molecular flexibility index (Phi) is 4.90. The van der Waals surface area contributed by atoms with Crippen molar-refractivity contribution in [3.05, 3.63) is 47.5 Å². The number of amides is 1. The van der Waals surface area contributed by atoms with Crippen LogP contribution >= 0.6 is 0 Å². The number of nitrogens with one attached hydrogen (secondary N) is 1. The standard InChI is InChI=1S/C15H18N2O3/c18-14(5-6-15(19)20)16-8-10-17-9-7-12-3-1-2-4-13(12)11-17/h1-6H,7-11H2,(H,16,18)(H,19,20). The molecule has 106 valence electrons. The first kappa shape index (κ1) is 14.3. The molecule has 0 fully saturated rings. The number of carbonyl (C=O) groups is 2. The fourth-order valence-electron chi connectivity index (χ4n) is 2.29. The minimum atomic E-state index is -1.12. The van der Waals surface area contributed by atoms with Gasteiger partial charge in [0.15, 0.2) is 0 Å². The van der Waals surface area contributed by atoms with Crippen LogP contribution in [0.2, 0.25) is 0 Å². The van der Waals surface area contributed by atoms with Crippen molar-refractivity contribution >= 4 is 11.9 Å². The Morgan fingerprint density at radius 3 is 2.75 bits per heavy atom. The van der Waals surface area contributed by atoms with Crippen LogP contribution in [0, 0.1) is 0 Å². The van der Waals surface area contributed by atoms with Crippen LogP contribution in [0.25, 0.3) is 0 Å². The van der Waals surface area contributed by atoms with E-state index in [2.05, 4.69) is 28.4 Å². The number of carboxylic acids is 1. The molecule has 2 N–H and O–H groups in total. The van der Waals surface area contributed by atoms with Crippen LogP contribution in [0.5, 0.6) is 0 Å². The van der Waals surface area contributed by atoms with Crippen LogP contribution in [0.15, 0.2) is 36.4 Å². The molecule has 1 aliphatic rings. The van der Waals surface area contributed by atoms with Crippen molar-refractivity contribution in [2.75, 3.05) is 19.6 Å². The molecule has 1 aromatic carbocycles. The van der Waals surface area contributed by atoms with Gasteiger partial charge in [-0.25, -0.2) is 4.79 Å². The molecule has 2 rings (SSSR count). The molecule has 0 spiro atoms. The molecule has 0 unspecified atom stereocenters. The first-order chi connectivity index (χ1) is 9.65. The molecular weight excluding hydrogens is 256 g/mol. The van der Waals surface area contributed by atoms with Gasteiger partial charge in [0, 0.05) is 38.3 Å². The maximum atomic E-state index is 11.3. The second kappa shape index (κ2) is 6.86. The number of nitrogens with zero attached hydrogens (tertiary/aromatic N) is 1. The van der Waals surface area contributed by atoms with Crippen molar-refractivity contribution in [1.82, 2.24) is 10.2 Å². The highest BCUT2D eigenvalue weighted by molar-refractivity contribution is 5.93. The van der Waals surface area contributed by atoms with Crippen molar-refractivity contribution in [1.29, 1.82) is 0 Å². The third kappa shape index (κ3) is 4.20. The molecule has 1 aromatic rings. The largest absolute Gasteiger partial charge is 0.478 e. The van der Waals surface area contributed by atoms with E-state index in [9.17, 15) is 9.59 Å². The Bertz CT molecular complexity index is 526.